The van der Waals surface area contributed by atoms with Crippen molar-refractivity contribution in [1.82, 2.24) is 0 Å². The van der Waals surface area contributed by atoms with Crippen molar-refractivity contribution in [1.29, 1.82) is 0 Å². The molecule has 0 aliphatic heterocycles. The number of hydrogen-bond acceptors (Lipinski definition) is 10. The second kappa shape index (κ2) is 5.84. The largest absolute Gasteiger partial charge is 0.507 e. The Kier molecular flexibility index (Phi) is 3.16. The summed E-state index contributed by atoms with van der Waals surface area (Å²) >= 11 is 0. The molecule has 0 saturated carbocycles. The van der Waals surface area contributed by atoms with E-state index >= 15 is 0 Å². The molecule has 8 aromatic rings. The molecule has 0 atom stereocenters. The first-order chi connectivity index (χ1) is 18.0. The molecule has 0 aliphatic carbocycles. The van der Waals surface area contributed by atoms with Crippen LogP contribution in [-0.4, -0.2) is 40.9 Å². The molecular weight excluding hydrogens is 496 g/mol. The Morgan fingerprint density at radius 3 is 0.632 bits per heavy atom. The van der Waals surface area contributed by atoms with Crippen molar-refractivity contribution in [3.8, 4) is 46.0 Å². The fraction of sp³-hybridized carbons (Fsp3) is 0. The molecule has 0 bridgehead atoms. The maximum atomic E-state index is 13.8. The van der Waals surface area contributed by atoms with Gasteiger partial charge in [-0.15, -0.1) is 0 Å². The highest BCUT2D eigenvalue weighted by molar-refractivity contribution is 6.51. The molecule has 0 heterocycles. The van der Waals surface area contributed by atoms with Crippen molar-refractivity contribution in [3.63, 3.8) is 0 Å². The summed E-state index contributed by atoms with van der Waals surface area (Å²) in [4.78, 5) is 27.5. The van der Waals surface area contributed by atoms with E-state index in [2.05, 4.69) is 0 Å². The molecule has 0 spiro atoms. The first kappa shape index (κ1) is 20.5. The van der Waals surface area contributed by atoms with Crippen LogP contribution in [0.4, 0.5) is 0 Å². The summed E-state index contributed by atoms with van der Waals surface area (Å²) in [5.74, 6) is -4.73. The third-order valence-corrected chi connectivity index (χ3v) is 7.80. The SMILES string of the molecule is O=c1c2c(O)cc(O)c3c4c(O)cc(O)c5c(=O)c6c(O)cc(O)c7c8c(O)cc(O)c1c8c(c23)c(c54)c67. The predicted octanol–water partition coefficient (Wildman–Crippen LogP) is 3.88. The maximum Gasteiger partial charge on any atom is 0.201 e. The van der Waals surface area contributed by atoms with Gasteiger partial charge in [-0.1, -0.05) is 0 Å². The van der Waals surface area contributed by atoms with Gasteiger partial charge < -0.3 is 40.9 Å². The quantitative estimate of drug-likeness (QED) is 0.110. The second-order valence-corrected chi connectivity index (χ2v) is 9.57. The van der Waals surface area contributed by atoms with Crippen LogP contribution in [0.1, 0.15) is 0 Å². The molecule has 38 heavy (non-hydrogen) atoms. The fourth-order valence-electron chi connectivity index (χ4n) is 6.55. The highest BCUT2D eigenvalue weighted by Crippen LogP contribution is 2.58. The van der Waals surface area contributed by atoms with E-state index in [1.807, 2.05) is 0 Å². The van der Waals surface area contributed by atoms with Gasteiger partial charge >= 0.3 is 0 Å². The van der Waals surface area contributed by atoms with Crippen molar-refractivity contribution in [2.24, 2.45) is 0 Å². The average Bonchev–Trinajstić information content (AvgIpc) is 2.82. The molecule has 0 unspecified atom stereocenters. The van der Waals surface area contributed by atoms with Gasteiger partial charge in [-0.05, 0) is 0 Å². The molecule has 184 valence electrons. The van der Waals surface area contributed by atoms with Crippen LogP contribution in [-0.2, 0) is 0 Å². The topological polar surface area (TPSA) is 196 Å². The third kappa shape index (κ3) is 1.87. The number of phenols is 8. The van der Waals surface area contributed by atoms with Crippen molar-refractivity contribution in [2.45, 2.75) is 0 Å². The summed E-state index contributed by atoms with van der Waals surface area (Å²) in [5.41, 5.74) is -1.71. The Bertz CT molecular complexity index is 2170. The normalized spacial score (nSPS) is 12.7. The summed E-state index contributed by atoms with van der Waals surface area (Å²) in [6, 6.07) is 3.57. The van der Waals surface area contributed by atoms with Gasteiger partial charge in [-0.25, -0.2) is 0 Å². The number of benzene rings is 8. The average molecular weight is 508 g/mol. The van der Waals surface area contributed by atoms with Crippen LogP contribution in [0.3, 0.4) is 0 Å². The Morgan fingerprint density at radius 1 is 0.263 bits per heavy atom. The second-order valence-electron chi connectivity index (χ2n) is 9.57. The number of hydrogen-bond donors (Lipinski definition) is 8. The Hall–Kier alpha value is -5.64. The number of phenolic OH excluding ortho intramolecular Hbond substituents is 8. The van der Waals surface area contributed by atoms with Crippen molar-refractivity contribution in [2.75, 3.05) is 0 Å². The molecule has 8 aromatic carbocycles. The van der Waals surface area contributed by atoms with Gasteiger partial charge in [0.1, 0.15) is 46.0 Å². The van der Waals surface area contributed by atoms with Gasteiger partial charge in [-0.2, -0.15) is 0 Å². The number of fused-ring (bicyclic) bond motifs is 2. The summed E-state index contributed by atoms with van der Waals surface area (Å²) in [6.45, 7) is 0. The van der Waals surface area contributed by atoms with Gasteiger partial charge in [0.15, 0.2) is 0 Å². The minimum absolute atomic E-state index is 0.0468. The molecule has 0 amide bonds. The molecule has 8 N–H and O–H groups in total. The molecule has 10 nitrogen and oxygen atoms in total. The predicted molar refractivity (Wildman–Crippen MR) is 140 cm³/mol. The lowest BCUT2D eigenvalue weighted by atomic mass is 9.79. The standard InChI is InChI=1S/C28H12O10/c29-5-1-9(33)17-21-13(5)14-6(30)2-11(35)19-22(14)26-24-16(8(32)4-12(36)20(24)28(19)38)15-7(31)3-10(34)18(27(17)37)23(15)25(21)26/h1-4,29-36H. The van der Waals surface area contributed by atoms with Crippen LogP contribution in [0.2, 0.25) is 0 Å². The number of rotatable bonds is 0. The lowest BCUT2D eigenvalue weighted by Gasteiger charge is -2.24. The third-order valence-electron chi connectivity index (χ3n) is 7.80. The molecule has 8 rings (SSSR count). The van der Waals surface area contributed by atoms with Crippen molar-refractivity contribution >= 4 is 75.4 Å². The summed E-state index contributed by atoms with van der Waals surface area (Å²) in [5, 5.41) is 85.3. The summed E-state index contributed by atoms with van der Waals surface area (Å²) in [7, 11) is 0. The van der Waals surface area contributed by atoms with Gasteiger partial charge in [0.2, 0.25) is 10.9 Å². The van der Waals surface area contributed by atoms with E-state index in [0.717, 1.165) is 24.3 Å². The molecule has 0 fully saturated rings. The Balaban J connectivity index is 2.04. The van der Waals surface area contributed by atoms with E-state index in [4.69, 9.17) is 0 Å². The monoisotopic (exact) mass is 508 g/mol. The summed E-state index contributed by atoms with van der Waals surface area (Å²) < 4.78 is 0. The lowest BCUT2D eigenvalue weighted by molar-refractivity contribution is 0.454. The summed E-state index contributed by atoms with van der Waals surface area (Å²) in [6.07, 6.45) is 0. The first-order valence-corrected chi connectivity index (χ1v) is 11.3. The maximum absolute atomic E-state index is 13.8. The van der Waals surface area contributed by atoms with Gasteiger partial charge in [0.25, 0.3) is 0 Å². The lowest BCUT2D eigenvalue weighted by Crippen LogP contribution is -2.10. The van der Waals surface area contributed by atoms with Gasteiger partial charge in [-0.3, -0.25) is 9.59 Å². The first-order valence-electron chi connectivity index (χ1n) is 11.3. The zero-order chi connectivity index (χ0) is 26.7. The molecule has 0 aromatic heterocycles. The van der Waals surface area contributed by atoms with E-state index in [0.29, 0.717) is 0 Å². The van der Waals surface area contributed by atoms with E-state index in [1.165, 1.54) is 0 Å². The van der Waals surface area contributed by atoms with E-state index in [9.17, 15) is 50.4 Å². The van der Waals surface area contributed by atoms with Crippen molar-refractivity contribution < 1.29 is 40.9 Å². The van der Waals surface area contributed by atoms with E-state index < -0.39 is 56.9 Å². The molecule has 0 saturated heterocycles. The van der Waals surface area contributed by atoms with E-state index in [1.54, 1.807) is 0 Å². The smallest absolute Gasteiger partial charge is 0.201 e. The highest BCUT2D eigenvalue weighted by atomic mass is 16.3. The fourth-order valence-corrected chi connectivity index (χ4v) is 6.55. The van der Waals surface area contributed by atoms with Crippen LogP contribution in [0, 0.1) is 0 Å². The molecule has 10 heteroatoms. The van der Waals surface area contributed by atoms with Crippen LogP contribution >= 0.6 is 0 Å². The van der Waals surface area contributed by atoms with E-state index in [-0.39, 0.29) is 75.4 Å². The minimum Gasteiger partial charge on any atom is -0.507 e. The zero-order valence-electron chi connectivity index (χ0n) is 18.7. The molecule has 0 radical (unpaired) electrons. The van der Waals surface area contributed by atoms with Crippen LogP contribution in [0.15, 0.2) is 33.9 Å². The molecule has 0 aliphatic rings. The minimum atomic E-state index is -0.854. The number of aromatic hydroxyl groups is 8. The van der Waals surface area contributed by atoms with Gasteiger partial charge in [0, 0.05) is 78.1 Å². The van der Waals surface area contributed by atoms with Crippen molar-refractivity contribution in [3.05, 3.63) is 44.7 Å². The van der Waals surface area contributed by atoms with Gasteiger partial charge in [0.05, 0.1) is 21.5 Å². The zero-order valence-corrected chi connectivity index (χ0v) is 18.7. The Labute approximate surface area is 207 Å². The van der Waals surface area contributed by atoms with Crippen LogP contribution < -0.4 is 10.9 Å². The molecular formula is C28H12O10. The Morgan fingerprint density at radius 2 is 0.421 bits per heavy atom. The highest BCUT2D eigenvalue weighted by Gasteiger charge is 2.33. The van der Waals surface area contributed by atoms with Crippen LogP contribution in [0.5, 0.6) is 46.0 Å². The van der Waals surface area contributed by atoms with Crippen LogP contribution in [0.25, 0.3) is 75.4 Å².